The molecule has 9 nitrogen and oxygen atoms in total. The highest BCUT2D eigenvalue weighted by Crippen LogP contribution is 2.17. The number of carbonyl (C=O) groups excluding carboxylic acids is 1. The van der Waals surface area contributed by atoms with E-state index in [1.54, 1.807) is 0 Å². The number of carbonyl (C=O) groups is 1. The second-order valence-corrected chi connectivity index (χ2v) is 6.34. The highest BCUT2D eigenvalue weighted by Gasteiger charge is 2.22. The second-order valence-electron chi connectivity index (χ2n) is 6.34. The predicted molar refractivity (Wildman–Crippen MR) is 99.1 cm³/mol. The van der Waals surface area contributed by atoms with Crippen LogP contribution in [-0.2, 0) is 9.53 Å². The SMILES string of the molecule is COC(=O)C1=C(N[C@@H]2CCCNCC2)C=C(Nc2cnc(C#N)cn2)NC1. The molecule has 4 N–H and O–H groups in total. The summed E-state index contributed by atoms with van der Waals surface area (Å²) in [7, 11) is 1.38. The Hall–Kier alpha value is -3.12. The van der Waals surface area contributed by atoms with Gasteiger partial charge in [-0.25, -0.2) is 14.8 Å². The third-order valence-corrected chi connectivity index (χ3v) is 4.47. The first-order valence-electron chi connectivity index (χ1n) is 8.93. The number of anilines is 1. The molecule has 1 aromatic rings. The van der Waals surface area contributed by atoms with Gasteiger partial charge in [0.25, 0.3) is 0 Å². The molecule has 0 aliphatic carbocycles. The second kappa shape index (κ2) is 9.00. The largest absolute Gasteiger partial charge is 0.466 e. The molecule has 0 amide bonds. The van der Waals surface area contributed by atoms with Gasteiger partial charge in [-0.2, -0.15) is 5.26 Å². The van der Waals surface area contributed by atoms with E-state index in [0.29, 0.717) is 29.8 Å². The van der Waals surface area contributed by atoms with E-state index in [1.165, 1.54) is 19.5 Å². The van der Waals surface area contributed by atoms with Crippen LogP contribution in [0.15, 0.2) is 35.6 Å². The Labute approximate surface area is 157 Å². The van der Waals surface area contributed by atoms with E-state index in [0.717, 1.165) is 38.0 Å². The van der Waals surface area contributed by atoms with Gasteiger partial charge in [0.1, 0.15) is 17.7 Å². The van der Waals surface area contributed by atoms with Crippen LogP contribution >= 0.6 is 0 Å². The van der Waals surface area contributed by atoms with Crippen molar-refractivity contribution in [3.63, 3.8) is 0 Å². The normalized spacial score (nSPS) is 19.9. The molecule has 1 fully saturated rings. The minimum atomic E-state index is -0.356. The number of hydrogen-bond acceptors (Lipinski definition) is 9. The zero-order valence-corrected chi connectivity index (χ0v) is 15.2. The zero-order valence-electron chi connectivity index (χ0n) is 15.2. The Morgan fingerprint density at radius 2 is 2.22 bits per heavy atom. The van der Waals surface area contributed by atoms with Gasteiger partial charge in [0.2, 0.25) is 0 Å². The molecule has 2 aliphatic heterocycles. The number of nitrogens with zero attached hydrogens (tertiary/aromatic N) is 3. The molecule has 9 heteroatoms. The number of rotatable bonds is 5. The van der Waals surface area contributed by atoms with Crippen LogP contribution in [0.5, 0.6) is 0 Å². The average molecular weight is 369 g/mol. The minimum Gasteiger partial charge on any atom is -0.466 e. The Balaban J connectivity index is 1.78. The van der Waals surface area contributed by atoms with E-state index in [9.17, 15) is 4.79 Å². The number of nitrogens with one attached hydrogen (secondary N) is 4. The molecule has 3 heterocycles. The summed E-state index contributed by atoms with van der Waals surface area (Å²) in [5.41, 5.74) is 1.56. The third-order valence-electron chi connectivity index (χ3n) is 4.47. The highest BCUT2D eigenvalue weighted by molar-refractivity contribution is 5.90. The number of nitriles is 1. The summed E-state index contributed by atoms with van der Waals surface area (Å²) in [6.07, 6.45) is 7.85. The summed E-state index contributed by atoms with van der Waals surface area (Å²) in [4.78, 5) is 20.3. The Morgan fingerprint density at radius 1 is 1.33 bits per heavy atom. The number of ether oxygens (including phenoxy) is 1. The highest BCUT2D eigenvalue weighted by atomic mass is 16.5. The molecule has 0 saturated carbocycles. The van der Waals surface area contributed by atoms with Crippen molar-refractivity contribution in [1.29, 1.82) is 5.26 Å². The molecule has 3 rings (SSSR count). The van der Waals surface area contributed by atoms with Crippen molar-refractivity contribution >= 4 is 11.8 Å². The van der Waals surface area contributed by atoms with Gasteiger partial charge in [-0.1, -0.05) is 0 Å². The summed E-state index contributed by atoms with van der Waals surface area (Å²) in [5.74, 6) is 0.841. The zero-order chi connectivity index (χ0) is 19.1. The van der Waals surface area contributed by atoms with Crippen molar-refractivity contribution in [1.82, 2.24) is 25.9 Å². The lowest BCUT2D eigenvalue weighted by molar-refractivity contribution is -0.136. The molecular formula is C18H23N7O2. The lowest BCUT2D eigenvalue weighted by Crippen LogP contribution is -2.37. The molecule has 0 radical (unpaired) electrons. The van der Waals surface area contributed by atoms with Crippen molar-refractivity contribution < 1.29 is 9.53 Å². The van der Waals surface area contributed by atoms with E-state index < -0.39 is 0 Å². The maximum atomic E-state index is 12.1. The summed E-state index contributed by atoms with van der Waals surface area (Å²) >= 11 is 0. The van der Waals surface area contributed by atoms with Gasteiger partial charge < -0.3 is 26.0 Å². The quantitative estimate of drug-likeness (QED) is 0.545. The van der Waals surface area contributed by atoms with Gasteiger partial charge >= 0.3 is 5.97 Å². The fourth-order valence-electron chi connectivity index (χ4n) is 3.05. The first-order valence-corrected chi connectivity index (χ1v) is 8.93. The van der Waals surface area contributed by atoms with Gasteiger partial charge in [-0.05, 0) is 32.4 Å². The molecular weight excluding hydrogens is 346 g/mol. The molecule has 27 heavy (non-hydrogen) atoms. The molecule has 0 spiro atoms. The van der Waals surface area contributed by atoms with Crippen molar-refractivity contribution in [3.05, 3.63) is 41.3 Å². The molecule has 0 bridgehead atoms. The first-order chi connectivity index (χ1) is 13.2. The van der Waals surface area contributed by atoms with Crippen LogP contribution in [0.1, 0.15) is 25.0 Å². The molecule has 142 valence electrons. The lowest BCUT2D eigenvalue weighted by atomic mass is 10.1. The molecule has 0 aromatic carbocycles. The first kappa shape index (κ1) is 18.7. The number of esters is 1. The average Bonchev–Trinajstić information content (AvgIpc) is 2.97. The topological polar surface area (TPSA) is 124 Å². The van der Waals surface area contributed by atoms with Crippen LogP contribution < -0.4 is 21.3 Å². The van der Waals surface area contributed by atoms with E-state index in [4.69, 9.17) is 10.00 Å². The molecule has 1 atom stereocenters. The fraction of sp³-hybridized carbons (Fsp3) is 0.444. The molecule has 1 aromatic heterocycles. The van der Waals surface area contributed by atoms with Gasteiger partial charge in [0, 0.05) is 12.1 Å². The number of aromatic nitrogens is 2. The van der Waals surface area contributed by atoms with Crippen molar-refractivity contribution in [2.45, 2.75) is 25.3 Å². The van der Waals surface area contributed by atoms with Gasteiger partial charge in [-0.15, -0.1) is 0 Å². The Kier molecular flexibility index (Phi) is 6.22. The number of methoxy groups -OCH3 is 1. The monoisotopic (exact) mass is 369 g/mol. The van der Waals surface area contributed by atoms with Gasteiger partial charge in [0.05, 0.1) is 37.3 Å². The summed E-state index contributed by atoms with van der Waals surface area (Å²) < 4.78 is 4.92. The Bertz CT molecular complexity index is 772. The lowest BCUT2D eigenvalue weighted by Gasteiger charge is -2.25. The van der Waals surface area contributed by atoms with Crippen LogP contribution in [0.3, 0.4) is 0 Å². The van der Waals surface area contributed by atoms with Crippen molar-refractivity contribution in [2.24, 2.45) is 0 Å². The van der Waals surface area contributed by atoms with E-state index >= 15 is 0 Å². The van der Waals surface area contributed by atoms with Crippen molar-refractivity contribution in [2.75, 3.05) is 32.1 Å². The fourth-order valence-corrected chi connectivity index (χ4v) is 3.05. The van der Waals surface area contributed by atoms with E-state index in [-0.39, 0.29) is 11.7 Å². The smallest absolute Gasteiger partial charge is 0.337 e. The predicted octanol–water partition coefficient (Wildman–Crippen LogP) is 0.364. The molecule has 1 saturated heterocycles. The summed E-state index contributed by atoms with van der Waals surface area (Å²) in [5, 5.41) is 22.0. The number of hydrogen-bond donors (Lipinski definition) is 4. The summed E-state index contributed by atoms with van der Waals surface area (Å²) in [6.45, 7) is 2.30. The summed E-state index contributed by atoms with van der Waals surface area (Å²) in [6, 6.07) is 2.23. The standard InChI is InChI=1S/C18H23N7O2/c1-27-18(26)14-10-23-16(25-17-11-21-13(8-19)9-22-17)7-15(14)24-12-3-2-5-20-6-4-12/h7,9,11-12,20,23-24H,2-6,10H2,1H3,(H,22,25)/t12-/m1/s1. The van der Waals surface area contributed by atoms with Gasteiger partial charge in [0.15, 0.2) is 5.69 Å². The maximum absolute atomic E-state index is 12.1. The number of dihydropyridines is 1. The van der Waals surface area contributed by atoms with Crippen LogP contribution in [0.4, 0.5) is 5.82 Å². The van der Waals surface area contributed by atoms with Gasteiger partial charge in [-0.3, -0.25) is 0 Å². The number of allylic oxidation sites excluding steroid dienone is 1. The van der Waals surface area contributed by atoms with Crippen LogP contribution in [-0.4, -0.2) is 48.7 Å². The van der Waals surface area contributed by atoms with Crippen LogP contribution in [0.2, 0.25) is 0 Å². The van der Waals surface area contributed by atoms with Crippen LogP contribution in [0, 0.1) is 11.3 Å². The maximum Gasteiger partial charge on any atom is 0.337 e. The van der Waals surface area contributed by atoms with Crippen LogP contribution in [0.25, 0.3) is 0 Å². The molecule has 2 aliphatic rings. The Morgan fingerprint density at radius 3 is 2.96 bits per heavy atom. The third kappa shape index (κ3) is 4.95. The minimum absolute atomic E-state index is 0.253. The molecule has 0 unspecified atom stereocenters. The van der Waals surface area contributed by atoms with Crippen molar-refractivity contribution in [3.8, 4) is 6.07 Å². The van der Waals surface area contributed by atoms with E-state index in [2.05, 4.69) is 31.2 Å². The van der Waals surface area contributed by atoms with E-state index in [1.807, 2.05) is 12.1 Å².